The van der Waals surface area contributed by atoms with E-state index in [2.05, 4.69) is 36.3 Å². The van der Waals surface area contributed by atoms with Crippen molar-refractivity contribution >= 4 is 0 Å². The summed E-state index contributed by atoms with van der Waals surface area (Å²) in [5, 5.41) is 10.8. The Kier molecular flexibility index (Phi) is 5.03. The van der Waals surface area contributed by atoms with Crippen molar-refractivity contribution in [3.63, 3.8) is 0 Å². The van der Waals surface area contributed by atoms with Gasteiger partial charge in [0.2, 0.25) is 0 Å². The van der Waals surface area contributed by atoms with Crippen LogP contribution in [0.15, 0.2) is 6.20 Å². The van der Waals surface area contributed by atoms with Gasteiger partial charge in [0, 0.05) is 11.7 Å². The van der Waals surface area contributed by atoms with Gasteiger partial charge in [0.15, 0.2) is 0 Å². The Morgan fingerprint density at radius 1 is 1.37 bits per heavy atom. The number of nitrogens with zero attached hydrogens (tertiary/aromatic N) is 1. The quantitative estimate of drug-likeness (QED) is 0.629. The first-order chi connectivity index (χ1) is 9.07. The fraction of sp³-hybridized carbons (Fsp3) is 0.812. The predicted octanol–water partition coefficient (Wildman–Crippen LogP) is 3.60. The van der Waals surface area contributed by atoms with Crippen LogP contribution in [0.1, 0.15) is 63.6 Å². The number of aromatic nitrogens is 2. The van der Waals surface area contributed by atoms with Gasteiger partial charge in [-0.15, -0.1) is 0 Å². The molecule has 1 fully saturated rings. The molecule has 19 heavy (non-hydrogen) atoms. The molecule has 3 heteroatoms. The van der Waals surface area contributed by atoms with Crippen LogP contribution in [0.2, 0.25) is 0 Å². The van der Waals surface area contributed by atoms with Crippen molar-refractivity contribution in [3.8, 4) is 0 Å². The molecule has 1 atom stereocenters. The molecule has 1 saturated carbocycles. The van der Waals surface area contributed by atoms with Crippen molar-refractivity contribution in [1.29, 1.82) is 0 Å². The molecule has 108 valence electrons. The van der Waals surface area contributed by atoms with E-state index in [4.69, 9.17) is 0 Å². The molecule has 1 unspecified atom stereocenters. The Bertz CT molecular complexity index is 381. The molecule has 2 rings (SSSR count). The van der Waals surface area contributed by atoms with Gasteiger partial charge >= 0.3 is 0 Å². The summed E-state index contributed by atoms with van der Waals surface area (Å²) in [6.45, 7) is 8.06. The second-order valence-electron chi connectivity index (χ2n) is 6.87. The molecule has 0 aromatic carbocycles. The summed E-state index contributed by atoms with van der Waals surface area (Å²) in [6, 6.07) is 0.743. The molecule has 0 saturated heterocycles. The lowest BCUT2D eigenvalue weighted by Crippen LogP contribution is -2.29. The van der Waals surface area contributed by atoms with Crippen LogP contribution in [0.3, 0.4) is 0 Å². The number of H-pyrrole nitrogens is 1. The van der Waals surface area contributed by atoms with E-state index < -0.39 is 0 Å². The topological polar surface area (TPSA) is 40.7 Å². The lowest BCUT2D eigenvalue weighted by Gasteiger charge is -2.22. The Balaban J connectivity index is 1.64. The maximum absolute atomic E-state index is 4.07. The van der Waals surface area contributed by atoms with Crippen LogP contribution >= 0.6 is 0 Å². The molecule has 1 aliphatic carbocycles. The van der Waals surface area contributed by atoms with Gasteiger partial charge in [-0.3, -0.25) is 5.10 Å². The molecule has 0 amide bonds. The summed E-state index contributed by atoms with van der Waals surface area (Å²) in [5.74, 6) is 0. The number of hydrogen-bond donors (Lipinski definition) is 2. The van der Waals surface area contributed by atoms with E-state index in [1.165, 1.54) is 49.8 Å². The van der Waals surface area contributed by atoms with Crippen molar-refractivity contribution in [2.45, 2.75) is 71.8 Å². The minimum Gasteiger partial charge on any atom is -0.314 e. The lowest BCUT2D eigenvalue weighted by atomic mass is 9.85. The Labute approximate surface area is 117 Å². The van der Waals surface area contributed by atoms with E-state index in [1.54, 1.807) is 0 Å². The number of nitrogens with one attached hydrogen (secondary N) is 2. The highest BCUT2D eigenvalue weighted by Gasteiger charge is 2.23. The third-order valence-electron chi connectivity index (χ3n) is 4.57. The van der Waals surface area contributed by atoms with E-state index in [0.717, 1.165) is 19.0 Å². The van der Waals surface area contributed by atoms with Crippen LogP contribution < -0.4 is 5.32 Å². The van der Waals surface area contributed by atoms with E-state index in [9.17, 15) is 0 Å². The first kappa shape index (κ1) is 14.6. The number of aryl methyl sites for hydroxylation is 2. The van der Waals surface area contributed by atoms with Crippen molar-refractivity contribution in [1.82, 2.24) is 15.5 Å². The zero-order valence-electron chi connectivity index (χ0n) is 12.8. The van der Waals surface area contributed by atoms with Gasteiger partial charge in [0.1, 0.15) is 0 Å². The average molecular weight is 263 g/mol. The van der Waals surface area contributed by atoms with Gasteiger partial charge in [0.25, 0.3) is 0 Å². The molecule has 0 bridgehead atoms. The maximum atomic E-state index is 4.07. The molecule has 1 aromatic rings. The molecule has 0 aliphatic heterocycles. The first-order valence-electron chi connectivity index (χ1n) is 7.79. The number of hydrogen-bond acceptors (Lipinski definition) is 2. The normalized spacial score (nSPS) is 23.2. The zero-order valence-corrected chi connectivity index (χ0v) is 12.8. The minimum absolute atomic E-state index is 0.560. The lowest BCUT2D eigenvalue weighted by molar-refractivity contribution is 0.310. The molecule has 1 aliphatic rings. The SMILES string of the molecule is Cc1[nH]ncc1CCCNC1CCCC(C)(C)CC1. The molecular formula is C16H29N3. The highest BCUT2D eigenvalue weighted by molar-refractivity contribution is 5.14. The highest BCUT2D eigenvalue weighted by atomic mass is 15.1. The van der Waals surface area contributed by atoms with Gasteiger partial charge in [-0.1, -0.05) is 20.3 Å². The van der Waals surface area contributed by atoms with Crippen LogP contribution in [0.5, 0.6) is 0 Å². The predicted molar refractivity (Wildman–Crippen MR) is 80.3 cm³/mol. The summed E-state index contributed by atoms with van der Waals surface area (Å²) in [6.07, 6.45) is 11.1. The van der Waals surface area contributed by atoms with Gasteiger partial charge in [0.05, 0.1) is 6.20 Å². The number of aromatic amines is 1. The van der Waals surface area contributed by atoms with Crippen LogP contribution in [0.25, 0.3) is 0 Å². The monoisotopic (exact) mass is 263 g/mol. The first-order valence-corrected chi connectivity index (χ1v) is 7.79. The molecule has 3 nitrogen and oxygen atoms in total. The standard InChI is InChI=1S/C16H29N3/c1-13-14(12-18-19-13)6-5-11-17-15-7-4-9-16(2,3)10-8-15/h12,15,17H,4-11H2,1-3H3,(H,18,19). The molecule has 0 radical (unpaired) electrons. The highest BCUT2D eigenvalue weighted by Crippen LogP contribution is 2.33. The minimum atomic E-state index is 0.560. The molecule has 2 N–H and O–H groups in total. The Morgan fingerprint density at radius 2 is 2.21 bits per heavy atom. The van der Waals surface area contributed by atoms with E-state index in [0.29, 0.717) is 5.41 Å². The van der Waals surface area contributed by atoms with Crippen molar-refractivity contribution in [3.05, 3.63) is 17.5 Å². The van der Waals surface area contributed by atoms with Crippen molar-refractivity contribution in [2.75, 3.05) is 6.54 Å². The summed E-state index contributed by atoms with van der Waals surface area (Å²) in [7, 11) is 0. The van der Waals surface area contributed by atoms with Crippen molar-refractivity contribution < 1.29 is 0 Å². The fourth-order valence-corrected chi connectivity index (χ4v) is 3.08. The Hall–Kier alpha value is -0.830. The van der Waals surface area contributed by atoms with Crippen LogP contribution in [0, 0.1) is 12.3 Å². The maximum Gasteiger partial charge on any atom is 0.0522 e. The van der Waals surface area contributed by atoms with Crippen LogP contribution in [0.4, 0.5) is 0 Å². The second kappa shape index (κ2) is 6.56. The average Bonchev–Trinajstić information content (AvgIpc) is 2.67. The van der Waals surface area contributed by atoms with E-state index >= 15 is 0 Å². The molecular weight excluding hydrogens is 234 g/mol. The number of rotatable bonds is 5. The largest absolute Gasteiger partial charge is 0.314 e. The van der Waals surface area contributed by atoms with E-state index in [1.807, 2.05) is 6.20 Å². The second-order valence-corrected chi connectivity index (χ2v) is 6.87. The van der Waals surface area contributed by atoms with E-state index in [-0.39, 0.29) is 0 Å². The summed E-state index contributed by atoms with van der Waals surface area (Å²) >= 11 is 0. The molecule has 0 spiro atoms. The smallest absolute Gasteiger partial charge is 0.0522 e. The van der Waals surface area contributed by atoms with Gasteiger partial charge in [-0.25, -0.2) is 0 Å². The Morgan fingerprint density at radius 3 is 2.95 bits per heavy atom. The summed E-state index contributed by atoms with van der Waals surface area (Å²) in [5.41, 5.74) is 3.14. The third-order valence-corrected chi connectivity index (χ3v) is 4.57. The van der Waals surface area contributed by atoms with Crippen LogP contribution in [-0.4, -0.2) is 22.8 Å². The zero-order chi connectivity index (χ0) is 13.7. The van der Waals surface area contributed by atoms with Crippen molar-refractivity contribution in [2.24, 2.45) is 5.41 Å². The summed E-state index contributed by atoms with van der Waals surface area (Å²) < 4.78 is 0. The fourth-order valence-electron chi connectivity index (χ4n) is 3.08. The van der Waals surface area contributed by atoms with Gasteiger partial charge in [-0.2, -0.15) is 5.10 Å². The third kappa shape index (κ3) is 4.64. The molecule has 1 aromatic heterocycles. The summed E-state index contributed by atoms with van der Waals surface area (Å²) in [4.78, 5) is 0. The van der Waals surface area contributed by atoms with Gasteiger partial charge < -0.3 is 5.32 Å². The molecule has 1 heterocycles. The van der Waals surface area contributed by atoms with Crippen LogP contribution in [-0.2, 0) is 6.42 Å². The van der Waals surface area contributed by atoms with Gasteiger partial charge in [-0.05, 0) is 63.0 Å².